The van der Waals surface area contributed by atoms with Crippen molar-refractivity contribution >= 4 is 12.2 Å². The zero-order valence-electron chi connectivity index (χ0n) is 7.81. The van der Waals surface area contributed by atoms with Crippen LogP contribution in [0.5, 0.6) is 0 Å². The SMILES string of the molecule is CC(C)(C)C(=O)NC1(C=O)CC1. The average Bonchev–Trinajstić information content (AvgIpc) is 2.67. The normalized spacial score (nSPS) is 19.9. The summed E-state index contributed by atoms with van der Waals surface area (Å²) in [5, 5.41) is 2.75. The minimum atomic E-state index is -0.510. The molecule has 12 heavy (non-hydrogen) atoms. The second-order valence-corrected chi connectivity index (χ2v) is 4.48. The Morgan fingerprint density at radius 1 is 1.42 bits per heavy atom. The van der Waals surface area contributed by atoms with Gasteiger partial charge in [-0.3, -0.25) is 4.79 Å². The van der Waals surface area contributed by atoms with Gasteiger partial charge in [0.2, 0.25) is 5.91 Å². The maximum absolute atomic E-state index is 11.4. The Morgan fingerprint density at radius 2 is 1.92 bits per heavy atom. The van der Waals surface area contributed by atoms with Crippen LogP contribution in [0.2, 0.25) is 0 Å². The highest BCUT2D eigenvalue weighted by atomic mass is 16.2. The highest BCUT2D eigenvalue weighted by Crippen LogP contribution is 2.33. The number of amides is 1. The van der Waals surface area contributed by atoms with E-state index in [2.05, 4.69) is 5.32 Å². The molecular formula is C9H15NO2. The van der Waals surface area contributed by atoms with Gasteiger partial charge in [-0.2, -0.15) is 0 Å². The lowest BCUT2D eigenvalue weighted by atomic mass is 9.95. The minimum absolute atomic E-state index is 0.0490. The van der Waals surface area contributed by atoms with Crippen LogP contribution in [-0.2, 0) is 9.59 Å². The molecule has 1 fully saturated rings. The third kappa shape index (κ3) is 1.84. The van der Waals surface area contributed by atoms with Crippen molar-refractivity contribution < 1.29 is 9.59 Å². The van der Waals surface area contributed by atoms with Crippen molar-refractivity contribution in [3.05, 3.63) is 0 Å². The second kappa shape index (κ2) is 2.57. The van der Waals surface area contributed by atoms with Crippen LogP contribution in [0, 0.1) is 5.41 Å². The molecule has 0 aromatic heterocycles. The van der Waals surface area contributed by atoms with Crippen molar-refractivity contribution in [3.8, 4) is 0 Å². The Bertz CT molecular complexity index is 211. The van der Waals surface area contributed by atoms with E-state index in [1.807, 2.05) is 20.8 Å². The van der Waals surface area contributed by atoms with Gasteiger partial charge in [0.25, 0.3) is 0 Å². The van der Waals surface area contributed by atoms with Gasteiger partial charge in [-0.15, -0.1) is 0 Å². The highest BCUT2D eigenvalue weighted by Gasteiger charge is 2.45. The predicted octanol–water partition coefficient (Wildman–Crippen LogP) is 0.880. The molecular weight excluding hydrogens is 154 g/mol. The summed E-state index contributed by atoms with van der Waals surface area (Å²) in [4.78, 5) is 21.9. The molecule has 0 saturated heterocycles. The molecule has 1 aliphatic rings. The Hall–Kier alpha value is -0.860. The monoisotopic (exact) mass is 169 g/mol. The lowest BCUT2D eigenvalue weighted by Gasteiger charge is -2.20. The smallest absolute Gasteiger partial charge is 0.226 e. The van der Waals surface area contributed by atoms with Gasteiger partial charge >= 0.3 is 0 Å². The number of hydrogen-bond acceptors (Lipinski definition) is 2. The van der Waals surface area contributed by atoms with Crippen LogP contribution < -0.4 is 5.32 Å². The molecule has 0 bridgehead atoms. The van der Waals surface area contributed by atoms with Crippen molar-refractivity contribution in [1.29, 1.82) is 0 Å². The Kier molecular flexibility index (Phi) is 1.98. The fourth-order valence-electron chi connectivity index (χ4n) is 0.821. The van der Waals surface area contributed by atoms with Gasteiger partial charge in [-0.1, -0.05) is 20.8 Å². The molecule has 3 nitrogen and oxygen atoms in total. The third-order valence-electron chi connectivity index (χ3n) is 2.06. The summed E-state index contributed by atoms with van der Waals surface area (Å²) in [5.41, 5.74) is -0.914. The number of rotatable bonds is 2. The molecule has 0 heterocycles. The van der Waals surface area contributed by atoms with Gasteiger partial charge in [0.15, 0.2) is 0 Å². The molecule has 0 unspecified atom stereocenters. The van der Waals surface area contributed by atoms with E-state index >= 15 is 0 Å². The molecule has 68 valence electrons. The van der Waals surface area contributed by atoms with E-state index in [9.17, 15) is 9.59 Å². The summed E-state index contributed by atoms with van der Waals surface area (Å²) in [5.74, 6) is -0.0490. The largest absolute Gasteiger partial charge is 0.343 e. The number of carbonyl (C=O) groups is 2. The molecule has 0 aromatic rings. The quantitative estimate of drug-likeness (QED) is 0.624. The number of hydrogen-bond donors (Lipinski definition) is 1. The summed E-state index contributed by atoms with van der Waals surface area (Å²) < 4.78 is 0. The molecule has 3 heteroatoms. The lowest BCUT2D eigenvalue weighted by molar-refractivity contribution is -0.131. The Morgan fingerprint density at radius 3 is 2.17 bits per heavy atom. The molecule has 0 aromatic carbocycles. The first-order valence-corrected chi connectivity index (χ1v) is 4.19. The first-order valence-electron chi connectivity index (χ1n) is 4.19. The molecule has 0 atom stereocenters. The van der Waals surface area contributed by atoms with Crippen molar-refractivity contribution in [3.63, 3.8) is 0 Å². The second-order valence-electron chi connectivity index (χ2n) is 4.48. The Balaban J connectivity index is 2.52. The van der Waals surface area contributed by atoms with Gasteiger partial charge in [0, 0.05) is 5.41 Å². The molecule has 1 N–H and O–H groups in total. The van der Waals surface area contributed by atoms with E-state index in [0.29, 0.717) is 0 Å². The number of nitrogens with one attached hydrogen (secondary N) is 1. The first kappa shape index (κ1) is 9.23. The van der Waals surface area contributed by atoms with Gasteiger partial charge < -0.3 is 10.1 Å². The first-order chi connectivity index (χ1) is 5.40. The predicted molar refractivity (Wildman–Crippen MR) is 45.6 cm³/mol. The van der Waals surface area contributed by atoms with Crippen LogP contribution in [0.25, 0.3) is 0 Å². The summed E-state index contributed by atoms with van der Waals surface area (Å²) in [7, 11) is 0. The number of aldehydes is 1. The van der Waals surface area contributed by atoms with Gasteiger partial charge in [0.05, 0.1) is 5.54 Å². The van der Waals surface area contributed by atoms with Crippen molar-refractivity contribution in [2.75, 3.05) is 0 Å². The van der Waals surface area contributed by atoms with Crippen LogP contribution in [0.1, 0.15) is 33.6 Å². The number of carbonyl (C=O) groups excluding carboxylic acids is 2. The molecule has 0 spiro atoms. The van der Waals surface area contributed by atoms with E-state index in [4.69, 9.17) is 0 Å². The molecule has 1 rings (SSSR count). The minimum Gasteiger partial charge on any atom is -0.343 e. The summed E-state index contributed by atoms with van der Waals surface area (Å²) in [6, 6.07) is 0. The maximum Gasteiger partial charge on any atom is 0.226 e. The summed E-state index contributed by atoms with van der Waals surface area (Å²) in [6.07, 6.45) is 2.42. The van der Waals surface area contributed by atoms with Crippen LogP contribution in [-0.4, -0.2) is 17.7 Å². The van der Waals surface area contributed by atoms with E-state index < -0.39 is 11.0 Å². The highest BCUT2D eigenvalue weighted by molar-refractivity contribution is 5.87. The van der Waals surface area contributed by atoms with Crippen LogP contribution >= 0.6 is 0 Å². The lowest BCUT2D eigenvalue weighted by Crippen LogP contribution is -2.44. The fourth-order valence-corrected chi connectivity index (χ4v) is 0.821. The Labute approximate surface area is 72.5 Å². The summed E-state index contributed by atoms with van der Waals surface area (Å²) in [6.45, 7) is 5.51. The van der Waals surface area contributed by atoms with Crippen molar-refractivity contribution in [1.82, 2.24) is 5.32 Å². The van der Waals surface area contributed by atoms with Crippen molar-refractivity contribution in [2.45, 2.75) is 39.2 Å². The van der Waals surface area contributed by atoms with Crippen LogP contribution in [0.3, 0.4) is 0 Å². The zero-order valence-corrected chi connectivity index (χ0v) is 7.81. The summed E-state index contributed by atoms with van der Waals surface area (Å²) >= 11 is 0. The van der Waals surface area contributed by atoms with Crippen LogP contribution in [0.15, 0.2) is 0 Å². The van der Waals surface area contributed by atoms with Crippen LogP contribution in [0.4, 0.5) is 0 Å². The van der Waals surface area contributed by atoms with Gasteiger partial charge in [-0.25, -0.2) is 0 Å². The van der Waals surface area contributed by atoms with E-state index in [1.165, 1.54) is 0 Å². The molecule has 0 aliphatic heterocycles. The maximum atomic E-state index is 11.4. The molecule has 1 saturated carbocycles. The standard InChI is InChI=1S/C9H15NO2/c1-8(2,3)7(12)10-9(6-11)4-5-9/h6H,4-5H2,1-3H3,(H,10,12). The fraction of sp³-hybridized carbons (Fsp3) is 0.778. The van der Waals surface area contributed by atoms with E-state index in [1.54, 1.807) is 0 Å². The van der Waals surface area contributed by atoms with Gasteiger partial charge in [-0.05, 0) is 12.8 Å². The molecule has 1 amide bonds. The topological polar surface area (TPSA) is 46.2 Å². The van der Waals surface area contributed by atoms with E-state index in [0.717, 1.165) is 19.1 Å². The van der Waals surface area contributed by atoms with Gasteiger partial charge in [0.1, 0.15) is 6.29 Å². The molecule has 0 radical (unpaired) electrons. The third-order valence-corrected chi connectivity index (χ3v) is 2.06. The zero-order chi connectivity index (χ0) is 9.41. The van der Waals surface area contributed by atoms with E-state index in [-0.39, 0.29) is 5.91 Å². The average molecular weight is 169 g/mol. The van der Waals surface area contributed by atoms with Crippen molar-refractivity contribution in [2.24, 2.45) is 5.41 Å². The molecule has 1 aliphatic carbocycles.